The van der Waals surface area contributed by atoms with Crippen LogP contribution in [0.2, 0.25) is 0 Å². The summed E-state index contributed by atoms with van der Waals surface area (Å²) in [5.41, 5.74) is 0.178. The quantitative estimate of drug-likeness (QED) is 0.656. The van der Waals surface area contributed by atoms with Crippen LogP contribution in [0.1, 0.15) is 15.2 Å². The summed E-state index contributed by atoms with van der Waals surface area (Å²) in [7, 11) is 0. The zero-order valence-corrected chi connectivity index (χ0v) is 13.8. The molecule has 3 aromatic rings. The van der Waals surface area contributed by atoms with Crippen LogP contribution in [-0.2, 0) is 0 Å². The molecule has 2 heterocycles. The van der Waals surface area contributed by atoms with E-state index in [1.54, 1.807) is 23.5 Å². The molecule has 106 valence electrons. The molecule has 21 heavy (non-hydrogen) atoms. The second-order valence-corrected chi connectivity index (χ2v) is 6.70. The van der Waals surface area contributed by atoms with Crippen LogP contribution in [0.15, 0.2) is 30.6 Å². The number of carbonyl (C=O) groups is 1. The van der Waals surface area contributed by atoms with Gasteiger partial charge in [-0.3, -0.25) is 0 Å². The number of carboxylic acid groups (broad SMARTS) is 1. The number of halogens is 1. The van der Waals surface area contributed by atoms with Crippen LogP contribution in [0.4, 0.5) is 0 Å². The van der Waals surface area contributed by atoms with Gasteiger partial charge in [0, 0.05) is 4.88 Å². The number of rotatable bonds is 3. The third-order valence-corrected chi connectivity index (χ3v) is 4.65. The monoisotopic (exact) mass is 412 g/mol. The summed E-state index contributed by atoms with van der Waals surface area (Å²) in [5.74, 6) is -0.0837. The van der Waals surface area contributed by atoms with Crippen molar-refractivity contribution in [1.82, 2.24) is 9.97 Å². The summed E-state index contributed by atoms with van der Waals surface area (Å²) in [6.07, 6.45) is 1.45. The lowest BCUT2D eigenvalue weighted by atomic mass is 10.2. The largest absolute Gasteiger partial charge is 0.478 e. The van der Waals surface area contributed by atoms with Gasteiger partial charge in [-0.25, -0.2) is 14.8 Å². The van der Waals surface area contributed by atoms with E-state index in [1.807, 2.05) is 13.0 Å². The van der Waals surface area contributed by atoms with E-state index < -0.39 is 5.97 Å². The second-order valence-electron chi connectivity index (χ2n) is 4.31. The molecule has 2 aromatic heterocycles. The number of thiophene rings is 1. The van der Waals surface area contributed by atoms with Crippen molar-refractivity contribution in [2.75, 3.05) is 0 Å². The number of fused-ring (bicyclic) bond motifs is 1. The molecular weight excluding hydrogens is 403 g/mol. The number of carboxylic acids is 1. The molecule has 0 bridgehead atoms. The molecule has 0 aliphatic heterocycles. The molecule has 0 unspecified atom stereocenters. The molecule has 3 rings (SSSR count). The van der Waals surface area contributed by atoms with E-state index in [2.05, 4.69) is 32.6 Å². The Labute approximate surface area is 137 Å². The molecule has 0 atom stereocenters. The summed E-state index contributed by atoms with van der Waals surface area (Å²) in [5, 5.41) is 9.89. The normalized spacial score (nSPS) is 10.8. The van der Waals surface area contributed by atoms with Gasteiger partial charge in [-0.05, 0) is 53.8 Å². The minimum atomic E-state index is -0.990. The Bertz CT molecular complexity index is 847. The average Bonchev–Trinajstić information content (AvgIpc) is 2.82. The van der Waals surface area contributed by atoms with Gasteiger partial charge in [0.2, 0.25) is 5.88 Å². The molecule has 0 saturated carbocycles. The zero-order valence-electron chi connectivity index (χ0n) is 10.8. The van der Waals surface area contributed by atoms with Crippen LogP contribution >= 0.6 is 33.9 Å². The summed E-state index contributed by atoms with van der Waals surface area (Å²) in [6.45, 7) is 1.99. The number of benzene rings is 1. The van der Waals surface area contributed by atoms with Gasteiger partial charge in [0.15, 0.2) is 0 Å². The highest BCUT2D eigenvalue weighted by Gasteiger charge is 2.13. The average molecular weight is 412 g/mol. The Balaban J connectivity index is 2.06. The van der Waals surface area contributed by atoms with Gasteiger partial charge in [0.1, 0.15) is 16.9 Å². The van der Waals surface area contributed by atoms with Gasteiger partial charge >= 0.3 is 5.97 Å². The second kappa shape index (κ2) is 5.57. The molecule has 7 heteroatoms. The predicted octanol–water partition coefficient (Wildman–Crippen LogP) is 4.09. The van der Waals surface area contributed by atoms with E-state index in [0.717, 1.165) is 18.7 Å². The maximum Gasteiger partial charge on any atom is 0.335 e. The first-order valence-electron chi connectivity index (χ1n) is 5.96. The van der Waals surface area contributed by atoms with E-state index in [-0.39, 0.29) is 5.56 Å². The number of hydrogen-bond donors (Lipinski definition) is 1. The van der Waals surface area contributed by atoms with E-state index in [0.29, 0.717) is 11.6 Å². The summed E-state index contributed by atoms with van der Waals surface area (Å²) < 4.78 is 6.63. The molecule has 0 amide bonds. The van der Waals surface area contributed by atoms with Gasteiger partial charge in [-0.15, -0.1) is 11.3 Å². The highest BCUT2D eigenvalue weighted by Crippen LogP contribution is 2.33. The standard InChI is InChI=1S/C14H9IN2O3S/c1-7-4-9-12(16-6-17-13(9)21-7)20-11-5-8(14(18)19)2-3-10(11)15/h2-6H,1H3,(H,18,19). The number of nitrogens with zero attached hydrogens (tertiary/aromatic N) is 2. The number of aromatic nitrogens is 2. The summed E-state index contributed by atoms with van der Waals surface area (Å²) in [4.78, 5) is 21.4. The SMILES string of the molecule is Cc1cc2c(Oc3cc(C(=O)O)ccc3I)ncnc2s1. The van der Waals surface area contributed by atoms with Gasteiger partial charge in [-0.2, -0.15) is 0 Å². The lowest BCUT2D eigenvalue weighted by molar-refractivity contribution is 0.0696. The van der Waals surface area contributed by atoms with Crippen LogP contribution in [0.3, 0.4) is 0 Å². The predicted molar refractivity (Wildman–Crippen MR) is 88.3 cm³/mol. The van der Waals surface area contributed by atoms with E-state index >= 15 is 0 Å². The van der Waals surface area contributed by atoms with Crippen LogP contribution in [0.25, 0.3) is 10.2 Å². The van der Waals surface area contributed by atoms with Crippen LogP contribution in [-0.4, -0.2) is 21.0 Å². The van der Waals surface area contributed by atoms with Gasteiger partial charge in [0.25, 0.3) is 0 Å². The third-order valence-electron chi connectivity index (χ3n) is 2.80. The first-order valence-corrected chi connectivity index (χ1v) is 7.86. The van der Waals surface area contributed by atoms with Crippen LogP contribution in [0.5, 0.6) is 11.6 Å². The van der Waals surface area contributed by atoms with Crippen molar-refractivity contribution in [3.05, 3.63) is 44.6 Å². The van der Waals surface area contributed by atoms with Crippen molar-refractivity contribution in [2.45, 2.75) is 6.92 Å². The van der Waals surface area contributed by atoms with Crippen molar-refractivity contribution in [3.8, 4) is 11.6 Å². The number of hydrogen-bond acceptors (Lipinski definition) is 5. The highest BCUT2D eigenvalue weighted by molar-refractivity contribution is 14.1. The summed E-state index contributed by atoms with van der Waals surface area (Å²) >= 11 is 3.66. The molecule has 1 N–H and O–H groups in total. The fraction of sp³-hybridized carbons (Fsp3) is 0.0714. The fourth-order valence-electron chi connectivity index (χ4n) is 1.85. The fourth-order valence-corrected chi connectivity index (χ4v) is 3.14. The number of aryl methyl sites for hydroxylation is 1. The Morgan fingerprint density at radius 2 is 2.14 bits per heavy atom. The number of ether oxygens (including phenoxy) is 1. The zero-order chi connectivity index (χ0) is 15.0. The topological polar surface area (TPSA) is 72.3 Å². The molecule has 0 aliphatic carbocycles. The van der Waals surface area contributed by atoms with E-state index in [4.69, 9.17) is 9.84 Å². The Hall–Kier alpha value is -1.74. The van der Waals surface area contributed by atoms with Gasteiger partial charge in [-0.1, -0.05) is 0 Å². The van der Waals surface area contributed by atoms with E-state index in [1.165, 1.54) is 12.4 Å². The lowest BCUT2D eigenvalue weighted by Crippen LogP contribution is -1.98. The van der Waals surface area contributed by atoms with Crippen molar-refractivity contribution in [2.24, 2.45) is 0 Å². The maximum atomic E-state index is 11.1. The maximum absolute atomic E-state index is 11.1. The molecule has 0 saturated heterocycles. The van der Waals surface area contributed by atoms with Crippen molar-refractivity contribution in [1.29, 1.82) is 0 Å². The highest BCUT2D eigenvalue weighted by atomic mass is 127. The van der Waals surface area contributed by atoms with Crippen LogP contribution in [0, 0.1) is 10.5 Å². The Kier molecular flexibility index (Phi) is 3.77. The molecule has 0 spiro atoms. The van der Waals surface area contributed by atoms with Crippen LogP contribution < -0.4 is 4.74 Å². The first-order chi connectivity index (χ1) is 10.0. The molecule has 5 nitrogen and oxygen atoms in total. The third kappa shape index (κ3) is 2.84. The van der Waals surface area contributed by atoms with Crippen molar-refractivity contribution >= 4 is 50.1 Å². The lowest BCUT2D eigenvalue weighted by Gasteiger charge is -2.08. The Morgan fingerprint density at radius 1 is 1.33 bits per heavy atom. The first kappa shape index (κ1) is 14.2. The molecule has 1 aromatic carbocycles. The van der Waals surface area contributed by atoms with Crippen molar-refractivity contribution in [3.63, 3.8) is 0 Å². The number of aromatic carboxylic acids is 1. The molecule has 0 aliphatic rings. The summed E-state index contributed by atoms with van der Waals surface area (Å²) in [6, 6.07) is 6.71. The smallest absolute Gasteiger partial charge is 0.335 e. The van der Waals surface area contributed by atoms with E-state index in [9.17, 15) is 4.79 Å². The minimum Gasteiger partial charge on any atom is -0.478 e. The molecule has 0 fully saturated rings. The van der Waals surface area contributed by atoms with Gasteiger partial charge in [0.05, 0.1) is 14.5 Å². The van der Waals surface area contributed by atoms with Crippen molar-refractivity contribution < 1.29 is 14.6 Å². The molecule has 0 radical (unpaired) electrons. The van der Waals surface area contributed by atoms with Gasteiger partial charge < -0.3 is 9.84 Å². The minimum absolute atomic E-state index is 0.178. The molecular formula is C14H9IN2O3S. The Morgan fingerprint density at radius 3 is 2.90 bits per heavy atom.